The number of nitrogens with zero attached hydrogens (tertiary/aromatic N) is 1. The summed E-state index contributed by atoms with van der Waals surface area (Å²) < 4.78 is 11.2. The van der Waals surface area contributed by atoms with Crippen molar-refractivity contribution in [1.82, 2.24) is 10.2 Å². The number of hydrogen-bond donors (Lipinski definition) is 1. The van der Waals surface area contributed by atoms with Crippen LogP contribution in [0.4, 0.5) is 0 Å². The third kappa shape index (κ3) is 2.49. The number of hydrogen-bond acceptors (Lipinski definition) is 4. The van der Waals surface area contributed by atoms with Crippen molar-refractivity contribution in [2.24, 2.45) is 0 Å². The zero-order valence-corrected chi connectivity index (χ0v) is 13.4. The molecule has 0 spiro atoms. The van der Waals surface area contributed by atoms with Gasteiger partial charge < -0.3 is 19.7 Å². The van der Waals surface area contributed by atoms with Crippen LogP contribution in [0.2, 0.25) is 0 Å². The Hall–Kier alpha value is -2.01. The number of nitrogens with one attached hydrogen (secondary N) is 1. The molecule has 1 N–H and O–H groups in total. The number of rotatable bonds is 2. The molecular formula is C18H22N2O3. The highest BCUT2D eigenvalue weighted by Crippen LogP contribution is 2.37. The largest absolute Gasteiger partial charge is 0.493 e. The summed E-state index contributed by atoms with van der Waals surface area (Å²) in [7, 11) is 1.63. The van der Waals surface area contributed by atoms with E-state index in [4.69, 9.17) is 9.47 Å². The molecule has 0 radical (unpaired) electrons. The van der Waals surface area contributed by atoms with E-state index in [1.54, 1.807) is 7.11 Å². The number of carbonyl (C=O) groups excluding carboxylic acids is 1. The van der Waals surface area contributed by atoms with Crippen LogP contribution in [0.5, 0.6) is 11.5 Å². The van der Waals surface area contributed by atoms with Crippen molar-refractivity contribution in [2.75, 3.05) is 26.8 Å². The molecule has 1 aromatic carbocycles. The molecule has 3 aliphatic rings. The summed E-state index contributed by atoms with van der Waals surface area (Å²) >= 11 is 0. The first kappa shape index (κ1) is 14.6. The summed E-state index contributed by atoms with van der Waals surface area (Å²) in [6.07, 6.45) is 5.22. The fourth-order valence-corrected chi connectivity index (χ4v) is 3.94. The second kappa shape index (κ2) is 5.89. The number of fused-ring (bicyclic) bond motifs is 3. The van der Waals surface area contributed by atoms with E-state index in [1.807, 2.05) is 24.3 Å². The maximum atomic E-state index is 13.0. The number of methoxy groups -OCH3 is 1. The molecular weight excluding hydrogens is 292 g/mol. The maximum absolute atomic E-state index is 13.0. The van der Waals surface area contributed by atoms with Crippen LogP contribution in [0, 0.1) is 0 Å². The monoisotopic (exact) mass is 314 g/mol. The van der Waals surface area contributed by atoms with Gasteiger partial charge in [0.15, 0.2) is 11.5 Å². The minimum Gasteiger partial charge on any atom is -0.493 e. The molecule has 23 heavy (non-hydrogen) atoms. The van der Waals surface area contributed by atoms with E-state index in [0.29, 0.717) is 24.4 Å². The molecule has 5 nitrogen and oxygen atoms in total. The van der Waals surface area contributed by atoms with Gasteiger partial charge >= 0.3 is 0 Å². The van der Waals surface area contributed by atoms with Gasteiger partial charge in [-0.2, -0.15) is 0 Å². The first-order chi connectivity index (χ1) is 11.3. The maximum Gasteiger partial charge on any atom is 0.253 e. The van der Waals surface area contributed by atoms with Crippen molar-refractivity contribution in [3.8, 4) is 11.5 Å². The Balaban J connectivity index is 1.63. The first-order valence-electron chi connectivity index (χ1n) is 8.31. The number of amides is 1. The summed E-state index contributed by atoms with van der Waals surface area (Å²) in [6, 6.07) is 6.45. The SMILES string of the molecule is COc1cccc2c1OCC(C(=O)N1C3CCNCC1CC3)=C2. The van der Waals surface area contributed by atoms with Crippen molar-refractivity contribution in [3.63, 3.8) is 0 Å². The van der Waals surface area contributed by atoms with Crippen molar-refractivity contribution in [2.45, 2.75) is 31.3 Å². The van der Waals surface area contributed by atoms with Gasteiger partial charge in [-0.3, -0.25) is 4.79 Å². The highest BCUT2D eigenvalue weighted by molar-refractivity contribution is 5.99. The van der Waals surface area contributed by atoms with E-state index >= 15 is 0 Å². The Labute approximate surface area is 136 Å². The van der Waals surface area contributed by atoms with Crippen molar-refractivity contribution >= 4 is 12.0 Å². The molecule has 5 heteroatoms. The lowest BCUT2D eigenvalue weighted by Gasteiger charge is -2.30. The Morgan fingerprint density at radius 3 is 3.04 bits per heavy atom. The Morgan fingerprint density at radius 2 is 2.17 bits per heavy atom. The van der Waals surface area contributed by atoms with Gasteiger partial charge in [0.25, 0.3) is 5.91 Å². The summed E-state index contributed by atoms with van der Waals surface area (Å²) in [5, 5.41) is 3.44. The lowest BCUT2D eigenvalue weighted by atomic mass is 10.0. The molecule has 2 fully saturated rings. The Bertz CT molecular complexity index is 642. The molecule has 1 aromatic rings. The van der Waals surface area contributed by atoms with Gasteiger partial charge in [0.05, 0.1) is 12.7 Å². The fourth-order valence-electron chi connectivity index (χ4n) is 3.94. The van der Waals surface area contributed by atoms with E-state index in [9.17, 15) is 4.79 Å². The van der Waals surface area contributed by atoms with Gasteiger partial charge in [-0.15, -0.1) is 0 Å². The second-order valence-electron chi connectivity index (χ2n) is 6.43. The number of ether oxygens (including phenoxy) is 2. The fraction of sp³-hybridized carbons (Fsp3) is 0.500. The second-order valence-corrected chi connectivity index (χ2v) is 6.43. The van der Waals surface area contributed by atoms with Gasteiger partial charge in [-0.05, 0) is 37.9 Å². The number of para-hydroxylation sites is 1. The van der Waals surface area contributed by atoms with Crippen LogP contribution in [0.1, 0.15) is 24.8 Å². The van der Waals surface area contributed by atoms with Crippen LogP contribution >= 0.6 is 0 Å². The number of carbonyl (C=O) groups is 1. The van der Waals surface area contributed by atoms with Gasteiger partial charge in [0.1, 0.15) is 6.61 Å². The minimum absolute atomic E-state index is 0.134. The standard InChI is InChI=1S/C18H22N2O3/c1-22-16-4-2-3-12-9-13(11-23-17(12)16)18(21)20-14-5-6-15(20)10-19-8-7-14/h2-4,9,14-15,19H,5-8,10-11H2,1H3. The summed E-state index contributed by atoms with van der Waals surface area (Å²) in [5.41, 5.74) is 1.66. The zero-order chi connectivity index (χ0) is 15.8. The molecule has 2 bridgehead atoms. The van der Waals surface area contributed by atoms with Crippen molar-refractivity contribution < 1.29 is 14.3 Å². The highest BCUT2D eigenvalue weighted by Gasteiger charge is 2.39. The Kier molecular flexibility index (Phi) is 3.73. The molecule has 0 saturated carbocycles. The topological polar surface area (TPSA) is 50.8 Å². The molecule has 0 aliphatic carbocycles. The molecule has 2 atom stereocenters. The summed E-state index contributed by atoms with van der Waals surface area (Å²) in [6.45, 7) is 2.22. The third-order valence-electron chi connectivity index (χ3n) is 5.09. The molecule has 122 valence electrons. The third-order valence-corrected chi connectivity index (χ3v) is 5.09. The number of benzene rings is 1. The van der Waals surface area contributed by atoms with E-state index in [1.165, 1.54) is 0 Å². The Morgan fingerprint density at radius 1 is 1.30 bits per heavy atom. The average Bonchev–Trinajstić information content (AvgIpc) is 2.85. The highest BCUT2D eigenvalue weighted by atomic mass is 16.5. The molecule has 0 aromatic heterocycles. The van der Waals surface area contributed by atoms with Crippen LogP contribution in [0.25, 0.3) is 6.08 Å². The van der Waals surface area contributed by atoms with Gasteiger partial charge in [0, 0.05) is 24.2 Å². The molecule has 4 rings (SSSR count). The molecule has 2 saturated heterocycles. The van der Waals surface area contributed by atoms with Gasteiger partial charge in [-0.1, -0.05) is 12.1 Å². The van der Waals surface area contributed by atoms with Crippen LogP contribution in [0.15, 0.2) is 23.8 Å². The van der Waals surface area contributed by atoms with Crippen LogP contribution in [-0.2, 0) is 4.79 Å². The van der Waals surface area contributed by atoms with Crippen LogP contribution < -0.4 is 14.8 Å². The van der Waals surface area contributed by atoms with Crippen LogP contribution in [-0.4, -0.2) is 49.7 Å². The summed E-state index contributed by atoms with van der Waals surface area (Å²) in [5.74, 6) is 1.58. The minimum atomic E-state index is 0.134. The predicted octanol–water partition coefficient (Wildman–Crippen LogP) is 1.82. The van der Waals surface area contributed by atoms with Gasteiger partial charge in [-0.25, -0.2) is 0 Å². The van der Waals surface area contributed by atoms with E-state index in [0.717, 1.165) is 49.2 Å². The van der Waals surface area contributed by atoms with Crippen molar-refractivity contribution in [3.05, 3.63) is 29.3 Å². The molecule has 2 unspecified atom stereocenters. The molecule has 3 aliphatic heterocycles. The average molecular weight is 314 g/mol. The van der Waals surface area contributed by atoms with Gasteiger partial charge in [0.2, 0.25) is 0 Å². The molecule has 3 heterocycles. The van der Waals surface area contributed by atoms with E-state index in [-0.39, 0.29) is 5.91 Å². The summed E-state index contributed by atoms with van der Waals surface area (Å²) in [4.78, 5) is 15.1. The first-order valence-corrected chi connectivity index (χ1v) is 8.31. The zero-order valence-electron chi connectivity index (χ0n) is 13.4. The molecule has 1 amide bonds. The normalized spacial score (nSPS) is 26.0. The lowest BCUT2D eigenvalue weighted by molar-refractivity contribution is -0.129. The smallest absolute Gasteiger partial charge is 0.253 e. The van der Waals surface area contributed by atoms with Crippen LogP contribution in [0.3, 0.4) is 0 Å². The lowest BCUT2D eigenvalue weighted by Crippen LogP contribution is -2.44. The van der Waals surface area contributed by atoms with E-state index in [2.05, 4.69) is 10.2 Å². The predicted molar refractivity (Wildman–Crippen MR) is 87.6 cm³/mol. The quantitative estimate of drug-likeness (QED) is 0.905. The van der Waals surface area contributed by atoms with E-state index < -0.39 is 0 Å². The van der Waals surface area contributed by atoms with Crippen molar-refractivity contribution in [1.29, 1.82) is 0 Å².